The van der Waals surface area contributed by atoms with Gasteiger partial charge in [0.25, 0.3) is 0 Å². The van der Waals surface area contributed by atoms with Gasteiger partial charge in [-0.25, -0.2) is 4.39 Å². The average molecular weight is 344 g/mol. The number of carbonyl (C=O) groups excluding carboxylic acids is 2. The molecule has 2 aromatic rings. The first-order valence-corrected chi connectivity index (χ1v) is 8.68. The predicted octanol–water partition coefficient (Wildman–Crippen LogP) is 4.21. The molecule has 1 heterocycles. The first-order chi connectivity index (χ1) is 11.6. The average Bonchev–Trinajstić information content (AvgIpc) is 3.09. The van der Waals surface area contributed by atoms with Gasteiger partial charge in [-0.05, 0) is 54.1 Å². The molecule has 0 saturated carbocycles. The van der Waals surface area contributed by atoms with E-state index in [2.05, 4.69) is 0 Å². The number of hydrogen-bond acceptors (Lipinski definition) is 4. The molecule has 24 heavy (non-hydrogen) atoms. The van der Waals surface area contributed by atoms with Crippen LogP contribution >= 0.6 is 11.3 Å². The van der Waals surface area contributed by atoms with Gasteiger partial charge >= 0.3 is 5.97 Å². The van der Waals surface area contributed by atoms with E-state index in [-0.39, 0.29) is 24.1 Å². The molecule has 1 aromatic heterocycles. The summed E-state index contributed by atoms with van der Waals surface area (Å²) in [5.41, 5.74) is 1.62. The Morgan fingerprint density at radius 2 is 2.04 bits per heavy atom. The van der Waals surface area contributed by atoms with E-state index in [1.165, 1.54) is 29.5 Å². The lowest BCUT2D eigenvalue weighted by molar-refractivity contribution is -0.151. The van der Waals surface area contributed by atoms with Gasteiger partial charge in [-0.2, -0.15) is 0 Å². The highest BCUT2D eigenvalue weighted by Crippen LogP contribution is 2.41. The highest BCUT2D eigenvalue weighted by atomic mass is 32.1. The van der Waals surface area contributed by atoms with Crippen molar-refractivity contribution < 1.29 is 18.7 Å². The fraction of sp³-hybridized carbons (Fsp3) is 0.263. The number of ketones is 1. The van der Waals surface area contributed by atoms with Crippen molar-refractivity contribution >= 4 is 28.7 Å². The topological polar surface area (TPSA) is 43.4 Å². The van der Waals surface area contributed by atoms with Gasteiger partial charge in [0.15, 0.2) is 5.78 Å². The number of halogens is 1. The van der Waals surface area contributed by atoms with Crippen LogP contribution in [0.25, 0.3) is 5.57 Å². The van der Waals surface area contributed by atoms with Crippen molar-refractivity contribution in [3.63, 3.8) is 0 Å². The second kappa shape index (κ2) is 7.09. The highest BCUT2D eigenvalue weighted by Gasteiger charge is 2.40. The van der Waals surface area contributed by atoms with E-state index in [1.807, 2.05) is 17.5 Å². The minimum absolute atomic E-state index is 0.244. The number of ether oxygens (including phenoxy) is 1. The van der Waals surface area contributed by atoms with Gasteiger partial charge in [-0.15, -0.1) is 11.3 Å². The third kappa shape index (κ3) is 3.31. The van der Waals surface area contributed by atoms with Gasteiger partial charge < -0.3 is 4.74 Å². The lowest BCUT2D eigenvalue weighted by Crippen LogP contribution is -2.33. The molecule has 1 aliphatic carbocycles. The van der Waals surface area contributed by atoms with Crippen molar-refractivity contribution in [2.45, 2.75) is 19.3 Å². The molecule has 5 heteroatoms. The molecule has 0 saturated heterocycles. The number of esters is 1. The van der Waals surface area contributed by atoms with Crippen LogP contribution in [-0.4, -0.2) is 18.4 Å². The minimum atomic E-state index is -0.812. The summed E-state index contributed by atoms with van der Waals surface area (Å²) in [6.45, 7) is 1.97. The number of allylic oxidation sites excluding steroid dienone is 2. The van der Waals surface area contributed by atoms with E-state index in [0.717, 1.165) is 16.0 Å². The molecule has 0 N–H and O–H groups in total. The van der Waals surface area contributed by atoms with Crippen LogP contribution in [0.1, 0.15) is 29.7 Å². The third-order valence-electron chi connectivity index (χ3n) is 4.13. The fourth-order valence-corrected chi connectivity index (χ4v) is 3.88. The first-order valence-electron chi connectivity index (χ1n) is 7.80. The smallest absolute Gasteiger partial charge is 0.317 e. The second-order valence-electron chi connectivity index (χ2n) is 5.63. The molecule has 3 nitrogen and oxygen atoms in total. The monoisotopic (exact) mass is 344 g/mol. The Morgan fingerprint density at radius 3 is 2.67 bits per heavy atom. The van der Waals surface area contributed by atoms with Crippen molar-refractivity contribution in [1.82, 2.24) is 0 Å². The van der Waals surface area contributed by atoms with E-state index in [1.54, 1.807) is 19.1 Å². The molecule has 2 unspecified atom stereocenters. The molecule has 124 valence electrons. The molecule has 3 rings (SSSR count). The third-order valence-corrected chi connectivity index (χ3v) is 5.13. The molecule has 0 spiro atoms. The van der Waals surface area contributed by atoms with E-state index in [0.29, 0.717) is 6.42 Å². The summed E-state index contributed by atoms with van der Waals surface area (Å²) in [5, 5.41) is 1.93. The number of hydrogen-bond donors (Lipinski definition) is 0. The number of rotatable bonds is 4. The molecule has 2 atom stereocenters. The van der Waals surface area contributed by atoms with E-state index in [9.17, 15) is 14.0 Å². The van der Waals surface area contributed by atoms with Crippen LogP contribution in [0.2, 0.25) is 0 Å². The zero-order valence-electron chi connectivity index (χ0n) is 13.2. The second-order valence-corrected chi connectivity index (χ2v) is 6.61. The standard InChI is InChI=1S/C19H17FO3S/c1-2-23-19(22)18-15(17-4-3-9-24-17)10-13(11-16(18)21)12-5-7-14(20)8-6-12/h3-9,11,15,18H,2,10H2,1H3. The molecule has 0 amide bonds. The van der Waals surface area contributed by atoms with Crippen LogP contribution in [0.4, 0.5) is 4.39 Å². The summed E-state index contributed by atoms with van der Waals surface area (Å²) < 4.78 is 18.2. The van der Waals surface area contributed by atoms with Gasteiger partial charge in [0.1, 0.15) is 11.7 Å². The maximum absolute atomic E-state index is 13.1. The van der Waals surface area contributed by atoms with Crippen molar-refractivity contribution in [2.75, 3.05) is 6.61 Å². The van der Waals surface area contributed by atoms with Crippen LogP contribution in [-0.2, 0) is 14.3 Å². The van der Waals surface area contributed by atoms with E-state index in [4.69, 9.17) is 4.74 Å². The summed E-state index contributed by atoms with van der Waals surface area (Å²) in [6, 6.07) is 9.90. The molecule has 0 fully saturated rings. The van der Waals surface area contributed by atoms with Crippen molar-refractivity contribution in [3.05, 3.63) is 64.1 Å². The van der Waals surface area contributed by atoms with Gasteiger partial charge in [-0.3, -0.25) is 9.59 Å². The molecular weight excluding hydrogens is 327 g/mol. The van der Waals surface area contributed by atoms with Crippen LogP contribution in [0.5, 0.6) is 0 Å². The van der Waals surface area contributed by atoms with E-state index < -0.39 is 11.9 Å². The first kappa shape index (κ1) is 16.6. The molecular formula is C19H17FO3S. The molecule has 1 aromatic carbocycles. The van der Waals surface area contributed by atoms with Gasteiger partial charge in [0.05, 0.1) is 6.61 Å². The maximum Gasteiger partial charge on any atom is 0.317 e. The normalized spacial score (nSPS) is 20.6. The number of thiophene rings is 1. The van der Waals surface area contributed by atoms with Gasteiger partial charge in [0.2, 0.25) is 0 Å². The van der Waals surface area contributed by atoms with Crippen molar-refractivity contribution in [2.24, 2.45) is 5.92 Å². The molecule has 1 aliphatic rings. The Labute approximate surface area is 143 Å². The lowest BCUT2D eigenvalue weighted by atomic mass is 9.76. The SMILES string of the molecule is CCOC(=O)C1C(=O)C=C(c2ccc(F)cc2)CC1c1cccs1. The minimum Gasteiger partial charge on any atom is -0.465 e. The van der Waals surface area contributed by atoms with Crippen LogP contribution < -0.4 is 0 Å². The summed E-state index contributed by atoms with van der Waals surface area (Å²) >= 11 is 1.52. The lowest BCUT2D eigenvalue weighted by Gasteiger charge is -2.28. The molecule has 0 radical (unpaired) electrons. The van der Waals surface area contributed by atoms with Crippen molar-refractivity contribution in [3.8, 4) is 0 Å². The Bertz CT molecular complexity index is 762. The Morgan fingerprint density at radius 1 is 1.29 bits per heavy atom. The maximum atomic E-state index is 13.1. The Hall–Kier alpha value is -2.27. The fourth-order valence-electron chi connectivity index (χ4n) is 3.02. The zero-order chi connectivity index (χ0) is 17.1. The van der Waals surface area contributed by atoms with E-state index >= 15 is 0 Å². The number of benzene rings is 1. The van der Waals surface area contributed by atoms with Gasteiger partial charge in [-0.1, -0.05) is 18.2 Å². The Kier molecular flexibility index (Phi) is 4.90. The van der Waals surface area contributed by atoms with Gasteiger partial charge in [0, 0.05) is 10.8 Å². The molecule has 0 aliphatic heterocycles. The summed E-state index contributed by atoms with van der Waals surface area (Å²) in [4.78, 5) is 25.9. The van der Waals surface area contributed by atoms with Crippen LogP contribution in [0, 0.1) is 11.7 Å². The predicted molar refractivity (Wildman–Crippen MR) is 91.2 cm³/mol. The highest BCUT2D eigenvalue weighted by molar-refractivity contribution is 7.10. The summed E-state index contributed by atoms with van der Waals surface area (Å²) in [7, 11) is 0. The zero-order valence-corrected chi connectivity index (χ0v) is 14.0. The summed E-state index contributed by atoms with van der Waals surface area (Å²) in [5.74, 6) is -2.11. The van der Waals surface area contributed by atoms with Crippen LogP contribution in [0.3, 0.4) is 0 Å². The molecule has 0 bridgehead atoms. The van der Waals surface area contributed by atoms with Crippen molar-refractivity contribution in [1.29, 1.82) is 0 Å². The number of carbonyl (C=O) groups is 2. The summed E-state index contributed by atoms with van der Waals surface area (Å²) in [6.07, 6.45) is 2.04. The Balaban J connectivity index is 1.98. The quantitative estimate of drug-likeness (QED) is 0.616. The largest absolute Gasteiger partial charge is 0.465 e. The van der Waals surface area contributed by atoms with Crippen LogP contribution in [0.15, 0.2) is 47.9 Å².